The van der Waals surface area contributed by atoms with Crippen LogP contribution in [0.25, 0.3) is 0 Å². The second-order valence-electron chi connectivity index (χ2n) is 11.7. The van der Waals surface area contributed by atoms with Crippen molar-refractivity contribution in [3.8, 4) is 0 Å². The number of aliphatic imine (C=N–C) groups is 1. The van der Waals surface area contributed by atoms with Crippen LogP contribution in [0.1, 0.15) is 113 Å². The van der Waals surface area contributed by atoms with Crippen LogP contribution >= 0.6 is 0 Å². The average Bonchev–Trinajstić information content (AvgIpc) is 3.27. The van der Waals surface area contributed by atoms with Crippen molar-refractivity contribution in [3.05, 3.63) is 94.5 Å². The number of aryl methyl sites for hydroxylation is 1. The van der Waals surface area contributed by atoms with Gasteiger partial charge >= 0.3 is 0 Å². The maximum Gasteiger partial charge on any atom is 0.255 e. The summed E-state index contributed by atoms with van der Waals surface area (Å²) in [6.07, 6.45) is 14.2. The molecule has 1 aliphatic heterocycles. The highest BCUT2D eigenvalue weighted by atomic mass is 16.2. The number of unbranched alkanes of at least 4 members (excludes halogenated alkanes) is 9. The maximum atomic E-state index is 13.4. The first kappa shape index (κ1) is 30.3. The van der Waals surface area contributed by atoms with Gasteiger partial charge < -0.3 is 5.32 Å². The van der Waals surface area contributed by atoms with E-state index in [9.17, 15) is 19.2 Å². The van der Waals surface area contributed by atoms with E-state index in [4.69, 9.17) is 0 Å². The average molecular weight is 577 g/mol. The van der Waals surface area contributed by atoms with Crippen molar-refractivity contribution in [2.45, 2.75) is 84.0 Å². The summed E-state index contributed by atoms with van der Waals surface area (Å²) in [7, 11) is 0. The van der Waals surface area contributed by atoms with Gasteiger partial charge in [0.05, 0.1) is 5.69 Å². The number of hydrogen-bond acceptors (Lipinski definition) is 5. The van der Waals surface area contributed by atoms with Crippen molar-refractivity contribution < 1.29 is 19.2 Å². The van der Waals surface area contributed by atoms with E-state index in [1.807, 2.05) is 36.4 Å². The van der Waals surface area contributed by atoms with Crippen molar-refractivity contribution in [1.82, 2.24) is 0 Å². The van der Waals surface area contributed by atoms with Gasteiger partial charge in [-0.3, -0.25) is 19.2 Å². The van der Waals surface area contributed by atoms with Gasteiger partial charge in [0.1, 0.15) is 11.6 Å². The van der Waals surface area contributed by atoms with Gasteiger partial charge in [0, 0.05) is 28.8 Å². The van der Waals surface area contributed by atoms with Crippen LogP contribution in [-0.4, -0.2) is 29.0 Å². The third-order valence-corrected chi connectivity index (χ3v) is 8.51. The molecule has 1 aliphatic carbocycles. The van der Waals surface area contributed by atoms with Gasteiger partial charge in [-0.2, -0.15) is 0 Å². The second-order valence-corrected chi connectivity index (χ2v) is 11.7. The molecule has 1 heterocycles. The predicted molar refractivity (Wildman–Crippen MR) is 171 cm³/mol. The summed E-state index contributed by atoms with van der Waals surface area (Å²) in [5, 5.41) is 2.89. The Morgan fingerprint density at radius 3 is 2.14 bits per heavy atom. The number of ketones is 3. The van der Waals surface area contributed by atoms with Crippen LogP contribution < -0.4 is 5.32 Å². The van der Waals surface area contributed by atoms with Crippen LogP contribution in [0.2, 0.25) is 0 Å². The van der Waals surface area contributed by atoms with Gasteiger partial charge in [0.25, 0.3) is 5.91 Å². The number of fused-ring (bicyclic) bond motifs is 2. The summed E-state index contributed by atoms with van der Waals surface area (Å²) in [4.78, 5) is 56.8. The molecule has 5 rings (SSSR count). The lowest BCUT2D eigenvalue weighted by Gasteiger charge is -2.17. The van der Waals surface area contributed by atoms with Crippen molar-refractivity contribution in [1.29, 1.82) is 0 Å². The fourth-order valence-electron chi connectivity index (χ4n) is 6.01. The molecule has 1 N–H and O–H groups in total. The molecule has 0 fully saturated rings. The minimum atomic E-state index is -1.27. The first-order valence-corrected chi connectivity index (χ1v) is 15.8. The van der Waals surface area contributed by atoms with Gasteiger partial charge in [-0.25, -0.2) is 4.99 Å². The molecule has 0 radical (unpaired) electrons. The monoisotopic (exact) mass is 576 g/mol. The van der Waals surface area contributed by atoms with Gasteiger partial charge in [0.15, 0.2) is 17.3 Å². The highest BCUT2D eigenvalue weighted by molar-refractivity contribution is 6.54. The minimum Gasteiger partial charge on any atom is -0.322 e. The fraction of sp³-hybridized carbons (Fsp3) is 0.378. The van der Waals surface area contributed by atoms with Crippen molar-refractivity contribution in [3.63, 3.8) is 0 Å². The molecule has 6 nitrogen and oxygen atoms in total. The number of carbonyl (C=O) groups excluding carboxylic acids is 4. The van der Waals surface area contributed by atoms with Crippen LogP contribution in [0, 0.1) is 5.92 Å². The van der Waals surface area contributed by atoms with Gasteiger partial charge in [-0.15, -0.1) is 0 Å². The number of para-hydroxylation sites is 1. The molecule has 0 spiro atoms. The number of carbonyl (C=O) groups is 4. The normalized spacial score (nSPS) is 15.7. The van der Waals surface area contributed by atoms with Crippen molar-refractivity contribution in [2.24, 2.45) is 10.9 Å². The number of benzene rings is 3. The summed E-state index contributed by atoms with van der Waals surface area (Å²) in [5.74, 6) is -2.90. The molecule has 1 atom stereocenters. The van der Waals surface area contributed by atoms with Crippen LogP contribution in [-0.2, 0) is 17.6 Å². The topological polar surface area (TPSA) is 92.7 Å². The standard InChI is InChI=1S/C37H40N2O4/c1-2-3-4-5-6-7-8-9-10-11-14-25-17-20-28(21-18-25)38-37(43)27-19-22-29-30(23-27)36(42)33(35(29)41)34-32(40)24-26-15-12-13-16-31(26)39-34/h12-13,15-23,33H,2-11,14,24H2,1H3,(H,38,43). The number of rotatable bonds is 14. The molecule has 6 heteroatoms. The first-order valence-electron chi connectivity index (χ1n) is 15.8. The van der Waals surface area contributed by atoms with E-state index in [0.29, 0.717) is 11.4 Å². The van der Waals surface area contributed by atoms with E-state index in [1.165, 1.54) is 75.5 Å². The van der Waals surface area contributed by atoms with E-state index < -0.39 is 17.5 Å². The summed E-state index contributed by atoms with van der Waals surface area (Å²) < 4.78 is 0. The quantitative estimate of drug-likeness (QED) is 0.154. The Balaban J connectivity index is 1.13. The largest absolute Gasteiger partial charge is 0.322 e. The third-order valence-electron chi connectivity index (χ3n) is 8.51. The Bertz CT molecular complexity index is 1540. The van der Waals surface area contributed by atoms with Gasteiger partial charge in [-0.05, 0) is 60.4 Å². The fourth-order valence-corrected chi connectivity index (χ4v) is 6.01. The second kappa shape index (κ2) is 14.3. The molecule has 3 aromatic carbocycles. The number of anilines is 1. The lowest BCUT2D eigenvalue weighted by molar-refractivity contribution is -0.112. The first-order chi connectivity index (χ1) is 21.0. The van der Waals surface area contributed by atoms with Crippen LogP contribution in [0.15, 0.2) is 71.7 Å². The third kappa shape index (κ3) is 7.24. The lowest BCUT2D eigenvalue weighted by atomic mass is 9.89. The van der Waals surface area contributed by atoms with Gasteiger partial charge in [0.2, 0.25) is 0 Å². The zero-order chi connectivity index (χ0) is 30.2. The number of amides is 1. The van der Waals surface area contributed by atoms with E-state index in [-0.39, 0.29) is 40.5 Å². The summed E-state index contributed by atoms with van der Waals surface area (Å²) >= 11 is 0. The molecule has 1 unspecified atom stereocenters. The Hall–Kier alpha value is -4.19. The molecule has 0 bridgehead atoms. The number of nitrogens with zero attached hydrogens (tertiary/aromatic N) is 1. The smallest absolute Gasteiger partial charge is 0.255 e. The van der Waals surface area contributed by atoms with Crippen molar-refractivity contribution >= 4 is 40.3 Å². The Morgan fingerprint density at radius 1 is 0.767 bits per heavy atom. The highest BCUT2D eigenvalue weighted by Crippen LogP contribution is 2.33. The Kier molecular flexibility index (Phi) is 10.1. The Labute approximate surface area is 254 Å². The molecule has 1 amide bonds. The number of hydrogen-bond donors (Lipinski definition) is 1. The van der Waals surface area contributed by atoms with Crippen molar-refractivity contribution in [2.75, 3.05) is 5.32 Å². The molecule has 0 saturated heterocycles. The molecule has 222 valence electrons. The molecular weight excluding hydrogens is 536 g/mol. The highest BCUT2D eigenvalue weighted by Gasteiger charge is 2.45. The molecular formula is C37H40N2O4. The van der Waals surface area contributed by atoms with Gasteiger partial charge in [-0.1, -0.05) is 95.0 Å². The molecule has 2 aliphatic rings. The lowest BCUT2D eigenvalue weighted by Crippen LogP contribution is -2.34. The number of Topliss-reactive ketones (excluding diaryl/α,β-unsaturated/α-hetero) is 3. The van der Waals surface area contributed by atoms with E-state index >= 15 is 0 Å². The van der Waals surface area contributed by atoms with Crippen LogP contribution in [0.3, 0.4) is 0 Å². The minimum absolute atomic E-state index is 0.0196. The molecule has 43 heavy (non-hydrogen) atoms. The summed E-state index contributed by atoms with van der Waals surface area (Å²) in [6, 6.07) is 19.6. The maximum absolute atomic E-state index is 13.4. The Morgan fingerprint density at radius 2 is 1.42 bits per heavy atom. The summed E-state index contributed by atoms with van der Waals surface area (Å²) in [6.45, 7) is 2.25. The van der Waals surface area contributed by atoms with Crippen LogP contribution in [0.5, 0.6) is 0 Å². The predicted octanol–water partition coefficient (Wildman–Crippen LogP) is 8.30. The van der Waals surface area contributed by atoms with E-state index in [2.05, 4.69) is 17.2 Å². The molecule has 0 saturated carbocycles. The molecule has 0 aromatic heterocycles. The van der Waals surface area contributed by atoms with E-state index in [0.717, 1.165) is 18.4 Å². The number of nitrogens with one attached hydrogen (secondary N) is 1. The SMILES string of the molecule is CCCCCCCCCCCCc1ccc(NC(=O)c2ccc3c(c2)C(=O)C(C2=Nc4ccccc4CC2=O)C3=O)cc1. The van der Waals surface area contributed by atoms with Crippen LogP contribution in [0.4, 0.5) is 11.4 Å². The van der Waals surface area contributed by atoms with E-state index in [1.54, 1.807) is 18.2 Å². The molecule has 3 aromatic rings. The zero-order valence-electron chi connectivity index (χ0n) is 25.0. The summed E-state index contributed by atoms with van der Waals surface area (Å²) in [5.41, 5.74) is 3.92. The zero-order valence-corrected chi connectivity index (χ0v) is 25.0.